The number of rotatable bonds is 8. The van der Waals surface area contributed by atoms with Crippen LogP contribution in [0.1, 0.15) is 52.0 Å². The first-order chi connectivity index (χ1) is 15.0. The maximum Gasteiger partial charge on any atom is 0.219 e. The van der Waals surface area contributed by atoms with E-state index in [0.717, 1.165) is 66.0 Å². The van der Waals surface area contributed by atoms with Gasteiger partial charge in [0, 0.05) is 31.6 Å². The van der Waals surface area contributed by atoms with E-state index in [9.17, 15) is 0 Å². The predicted molar refractivity (Wildman–Crippen MR) is 124 cm³/mol. The molecular formula is C24H33N5O2. The second-order valence-corrected chi connectivity index (χ2v) is 8.57. The van der Waals surface area contributed by atoms with Crippen molar-refractivity contribution in [1.29, 1.82) is 0 Å². The van der Waals surface area contributed by atoms with Gasteiger partial charge in [0.1, 0.15) is 6.10 Å². The molecule has 2 aromatic heterocycles. The van der Waals surface area contributed by atoms with Gasteiger partial charge in [-0.2, -0.15) is 10.2 Å². The van der Waals surface area contributed by atoms with Gasteiger partial charge in [0.15, 0.2) is 6.23 Å². The lowest BCUT2D eigenvalue weighted by molar-refractivity contribution is -0.0367. The topological polar surface area (TPSA) is 66.1 Å². The maximum atomic E-state index is 6.27. The summed E-state index contributed by atoms with van der Waals surface area (Å²) in [5, 5.41) is 13.7. The van der Waals surface area contributed by atoms with E-state index in [-0.39, 0.29) is 12.3 Å². The lowest BCUT2D eigenvalue weighted by atomic mass is 10.1. The van der Waals surface area contributed by atoms with Crippen molar-refractivity contribution in [3.63, 3.8) is 0 Å². The van der Waals surface area contributed by atoms with Crippen molar-refractivity contribution >= 4 is 17.0 Å². The second-order valence-electron chi connectivity index (χ2n) is 8.57. The summed E-state index contributed by atoms with van der Waals surface area (Å²) in [5.41, 5.74) is 3.95. The summed E-state index contributed by atoms with van der Waals surface area (Å²) < 4.78 is 16.0. The van der Waals surface area contributed by atoms with Crippen LogP contribution in [-0.4, -0.2) is 44.9 Å². The molecule has 3 heterocycles. The van der Waals surface area contributed by atoms with E-state index >= 15 is 0 Å². The van der Waals surface area contributed by atoms with Crippen LogP contribution in [0.3, 0.4) is 0 Å². The van der Waals surface area contributed by atoms with Crippen LogP contribution >= 0.6 is 0 Å². The number of aromatic nitrogens is 4. The van der Waals surface area contributed by atoms with Crippen molar-refractivity contribution in [2.24, 2.45) is 7.05 Å². The third-order valence-corrected chi connectivity index (χ3v) is 5.68. The molecule has 1 fully saturated rings. The minimum absolute atomic E-state index is 0.0117. The summed E-state index contributed by atoms with van der Waals surface area (Å²) in [6, 6.07) is 6.79. The summed E-state index contributed by atoms with van der Waals surface area (Å²) >= 11 is 0. The van der Waals surface area contributed by atoms with Crippen molar-refractivity contribution in [3.8, 4) is 17.0 Å². The number of hydrogen-bond acceptors (Lipinski definition) is 5. The van der Waals surface area contributed by atoms with E-state index in [1.807, 2.05) is 24.0 Å². The molecule has 0 spiro atoms. The Balaban J connectivity index is 1.67. The molecule has 7 heteroatoms. The van der Waals surface area contributed by atoms with Crippen LogP contribution in [0.5, 0.6) is 5.88 Å². The molecule has 0 aliphatic carbocycles. The molecular weight excluding hydrogens is 390 g/mol. The van der Waals surface area contributed by atoms with Crippen molar-refractivity contribution in [1.82, 2.24) is 24.9 Å². The van der Waals surface area contributed by atoms with Crippen LogP contribution in [0.25, 0.3) is 28.1 Å². The monoisotopic (exact) mass is 423 g/mol. The maximum absolute atomic E-state index is 6.27. The fraction of sp³-hybridized carbons (Fsp3) is 0.500. The highest BCUT2D eigenvalue weighted by atomic mass is 16.5. The van der Waals surface area contributed by atoms with Crippen LogP contribution in [0.2, 0.25) is 0 Å². The van der Waals surface area contributed by atoms with Crippen molar-refractivity contribution in [2.45, 2.75) is 58.4 Å². The summed E-state index contributed by atoms with van der Waals surface area (Å²) in [6.45, 7) is 11.9. The average molecular weight is 424 g/mol. The highest BCUT2D eigenvalue weighted by molar-refractivity contribution is 5.91. The quantitative estimate of drug-likeness (QED) is 0.576. The number of hydrogen-bond donors (Lipinski definition) is 1. The van der Waals surface area contributed by atoms with Gasteiger partial charge in [-0.05, 0) is 50.0 Å². The molecule has 2 unspecified atom stereocenters. The Bertz CT molecular complexity index is 1050. The Kier molecular flexibility index (Phi) is 6.43. The average Bonchev–Trinajstić information content (AvgIpc) is 3.33. The highest BCUT2D eigenvalue weighted by Gasteiger charge is 2.22. The lowest BCUT2D eigenvalue weighted by Crippen LogP contribution is -2.33. The molecule has 166 valence electrons. The van der Waals surface area contributed by atoms with E-state index in [0.29, 0.717) is 6.04 Å². The number of aryl methyl sites for hydroxylation is 1. The first kappa shape index (κ1) is 21.6. The van der Waals surface area contributed by atoms with Gasteiger partial charge in [-0.3, -0.25) is 0 Å². The summed E-state index contributed by atoms with van der Waals surface area (Å²) in [7, 11) is 1.91. The van der Waals surface area contributed by atoms with Crippen LogP contribution in [0, 0.1) is 0 Å². The largest absolute Gasteiger partial charge is 0.473 e. The van der Waals surface area contributed by atoms with Crippen molar-refractivity contribution in [2.75, 3.05) is 13.2 Å². The number of benzene rings is 1. The zero-order chi connectivity index (χ0) is 22.0. The van der Waals surface area contributed by atoms with Crippen molar-refractivity contribution in [3.05, 3.63) is 36.7 Å². The Morgan fingerprint density at radius 3 is 2.87 bits per heavy atom. The normalized spacial score (nSPS) is 17.9. The molecule has 31 heavy (non-hydrogen) atoms. The lowest BCUT2D eigenvalue weighted by Gasteiger charge is -2.23. The fourth-order valence-electron chi connectivity index (χ4n) is 4.02. The van der Waals surface area contributed by atoms with E-state index in [1.54, 1.807) is 4.68 Å². The van der Waals surface area contributed by atoms with Crippen LogP contribution in [0.15, 0.2) is 31.0 Å². The van der Waals surface area contributed by atoms with Gasteiger partial charge in [-0.25, -0.2) is 9.36 Å². The third kappa shape index (κ3) is 4.52. The molecule has 1 saturated heterocycles. The Hall–Kier alpha value is -2.64. The van der Waals surface area contributed by atoms with Crippen LogP contribution in [-0.2, 0) is 11.8 Å². The molecule has 3 aromatic rings. The van der Waals surface area contributed by atoms with Gasteiger partial charge in [0.2, 0.25) is 5.88 Å². The second kappa shape index (κ2) is 9.24. The van der Waals surface area contributed by atoms with Gasteiger partial charge in [-0.1, -0.05) is 26.5 Å². The third-order valence-electron chi connectivity index (χ3n) is 5.68. The molecule has 7 nitrogen and oxygen atoms in total. The van der Waals surface area contributed by atoms with E-state index < -0.39 is 0 Å². The van der Waals surface area contributed by atoms with E-state index in [2.05, 4.69) is 56.0 Å². The van der Waals surface area contributed by atoms with E-state index in [4.69, 9.17) is 14.6 Å². The van der Waals surface area contributed by atoms with Crippen LogP contribution < -0.4 is 10.1 Å². The zero-order valence-corrected chi connectivity index (χ0v) is 19.0. The SMILES string of the molecule is C=Cc1nn(C2CCCCO2)c2ccc(-c3cnn(C)c3OC(C)CNC(C)C)cc12. The minimum atomic E-state index is -0.0117. The smallest absolute Gasteiger partial charge is 0.219 e. The predicted octanol–water partition coefficient (Wildman–Crippen LogP) is 4.54. The molecule has 1 aromatic carbocycles. The number of nitrogens with one attached hydrogen (secondary N) is 1. The molecule has 0 bridgehead atoms. The first-order valence-corrected chi connectivity index (χ1v) is 11.2. The van der Waals surface area contributed by atoms with E-state index in [1.165, 1.54) is 0 Å². The van der Waals surface area contributed by atoms with Gasteiger partial charge in [0.25, 0.3) is 0 Å². The first-order valence-electron chi connectivity index (χ1n) is 11.2. The summed E-state index contributed by atoms with van der Waals surface area (Å²) in [4.78, 5) is 0. The van der Waals surface area contributed by atoms with Gasteiger partial charge in [-0.15, -0.1) is 0 Å². The molecule has 0 radical (unpaired) electrons. The molecule has 1 aliphatic rings. The molecule has 1 N–H and O–H groups in total. The standard InChI is InChI=1S/C24H33N5O2/c1-6-21-19-13-18(10-11-22(19)29(27-21)23-9-7-8-12-30-23)20-15-26-28(5)24(20)31-17(4)14-25-16(2)3/h6,10-11,13,15-17,23,25H,1,7-9,12,14H2,2-5H3. The number of fused-ring (bicyclic) bond motifs is 1. The van der Waals surface area contributed by atoms with Gasteiger partial charge < -0.3 is 14.8 Å². The molecule has 0 amide bonds. The van der Waals surface area contributed by atoms with Gasteiger partial charge >= 0.3 is 0 Å². The summed E-state index contributed by atoms with van der Waals surface area (Å²) in [6.07, 6.45) is 6.94. The highest BCUT2D eigenvalue weighted by Crippen LogP contribution is 2.35. The Morgan fingerprint density at radius 1 is 1.32 bits per heavy atom. The zero-order valence-electron chi connectivity index (χ0n) is 19.0. The molecule has 1 aliphatic heterocycles. The minimum Gasteiger partial charge on any atom is -0.473 e. The summed E-state index contributed by atoms with van der Waals surface area (Å²) in [5.74, 6) is 0.764. The van der Waals surface area contributed by atoms with Gasteiger partial charge in [0.05, 0.1) is 23.0 Å². The fourth-order valence-corrected chi connectivity index (χ4v) is 4.02. The Labute approximate surface area is 184 Å². The Morgan fingerprint density at radius 2 is 2.16 bits per heavy atom. The number of nitrogens with zero attached hydrogens (tertiary/aromatic N) is 4. The molecule has 0 saturated carbocycles. The molecule has 4 rings (SSSR count). The molecule has 2 atom stereocenters. The van der Waals surface area contributed by atoms with Crippen LogP contribution in [0.4, 0.5) is 0 Å². The number of ether oxygens (including phenoxy) is 2. The van der Waals surface area contributed by atoms with Crippen molar-refractivity contribution < 1.29 is 9.47 Å².